The highest BCUT2D eigenvalue weighted by atomic mass is 79.9. The van der Waals surface area contributed by atoms with Gasteiger partial charge in [0, 0.05) is 28.8 Å². The number of aromatic nitrogens is 3. The summed E-state index contributed by atoms with van der Waals surface area (Å²) in [6.07, 6.45) is 1.74. The molecule has 0 spiro atoms. The van der Waals surface area contributed by atoms with E-state index in [0.29, 0.717) is 12.3 Å². The molecule has 8 heteroatoms. The largest absolute Gasteiger partial charge is 0.461 e. The topological polar surface area (TPSA) is 93.0 Å². The number of ether oxygens (including phenoxy) is 1. The molecule has 28 heavy (non-hydrogen) atoms. The number of hydrogen-bond donors (Lipinski definition) is 2. The lowest BCUT2D eigenvalue weighted by Crippen LogP contribution is -1.99. The van der Waals surface area contributed by atoms with Crippen LogP contribution in [0, 0.1) is 0 Å². The normalized spacial score (nSPS) is 10.9. The smallest absolute Gasteiger partial charge is 0.303 e. The van der Waals surface area contributed by atoms with Crippen molar-refractivity contribution in [2.45, 2.75) is 20.1 Å². The SMILES string of the molecule is CC(=O)OCc1ccc(CNc2ccc(-c3nc4cc(Br)cnc4[nH]3)cc2)o1. The van der Waals surface area contributed by atoms with E-state index in [2.05, 4.69) is 36.2 Å². The van der Waals surface area contributed by atoms with Gasteiger partial charge in [0.15, 0.2) is 5.65 Å². The van der Waals surface area contributed by atoms with Gasteiger partial charge in [-0.05, 0) is 58.4 Å². The summed E-state index contributed by atoms with van der Waals surface area (Å²) in [7, 11) is 0. The van der Waals surface area contributed by atoms with E-state index in [1.54, 1.807) is 12.3 Å². The average Bonchev–Trinajstić information content (AvgIpc) is 3.31. The molecule has 3 heterocycles. The highest BCUT2D eigenvalue weighted by Gasteiger charge is 2.07. The van der Waals surface area contributed by atoms with Gasteiger partial charge in [0.1, 0.15) is 29.5 Å². The molecule has 0 bridgehead atoms. The van der Waals surface area contributed by atoms with E-state index in [0.717, 1.165) is 38.5 Å². The van der Waals surface area contributed by atoms with Crippen LogP contribution < -0.4 is 5.32 Å². The predicted octanol–water partition coefficient (Wildman–Crippen LogP) is 4.66. The minimum absolute atomic E-state index is 0.146. The van der Waals surface area contributed by atoms with Gasteiger partial charge in [-0.25, -0.2) is 9.97 Å². The number of hydrogen-bond acceptors (Lipinski definition) is 6. The lowest BCUT2D eigenvalue weighted by atomic mass is 10.2. The minimum atomic E-state index is -0.330. The Morgan fingerprint density at radius 2 is 2.00 bits per heavy atom. The molecule has 0 aliphatic carbocycles. The van der Waals surface area contributed by atoms with Crippen LogP contribution in [0.15, 0.2) is 57.6 Å². The number of H-pyrrole nitrogens is 1. The van der Waals surface area contributed by atoms with Crippen LogP contribution in [0.4, 0.5) is 5.69 Å². The summed E-state index contributed by atoms with van der Waals surface area (Å²) in [5.74, 6) is 1.82. The maximum absolute atomic E-state index is 10.8. The standard InChI is InChI=1S/C20H17BrN4O3/c1-12(26)27-11-17-7-6-16(28-17)10-22-15-4-2-13(3-5-15)19-24-18-8-14(21)9-23-20(18)25-19/h2-9,22H,10-11H2,1H3,(H,23,24,25). The molecule has 0 atom stereocenters. The molecule has 0 unspecified atom stereocenters. The van der Waals surface area contributed by atoms with Gasteiger partial charge < -0.3 is 19.5 Å². The number of imidazole rings is 1. The quantitative estimate of drug-likeness (QED) is 0.423. The first kappa shape index (κ1) is 18.2. The number of benzene rings is 1. The van der Waals surface area contributed by atoms with Crippen LogP contribution in [-0.4, -0.2) is 20.9 Å². The molecule has 142 valence electrons. The summed E-state index contributed by atoms with van der Waals surface area (Å²) in [6, 6.07) is 13.5. The molecule has 0 saturated heterocycles. The number of nitrogens with zero attached hydrogens (tertiary/aromatic N) is 2. The molecule has 0 saturated carbocycles. The Morgan fingerprint density at radius 1 is 1.21 bits per heavy atom. The van der Waals surface area contributed by atoms with Crippen LogP contribution in [-0.2, 0) is 22.7 Å². The molecule has 0 fully saturated rings. The Morgan fingerprint density at radius 3 is 2.79 bits per heavy atom. The summed E-state index contributed by atoms with van der Waals surface area (Å²) in [5, 5.41) is 3.30. The number of pyridine rings is 1. The van der Waals surface area contributed by atoms with Crippen molar-refractivity contribution in [3.05, 3.63) is 64.7 Å². The van der Waals surface area contributed by atoms with Crippen molar-refractivity contribution in [2.75, 3.05) is 5.32 Å². The molecule has 4 rings (SSSR count). The number of halogens is 1. The molecule has 1 aromatic carbocycles. The van der Waals surface area contributed by atoms with Crippen molar-refractivity contribution < 1.29 is 13.9 Å². The molecule has 4 aromatic rings. The Balaban J connectivity index is 1.39. The van der Waals surface area contributed by atoms with E-state index in [9.17, 15) is 4.79 Å². The Hall–Kier alpha value is -3.13. The van der Waals surface area contributed by atoms with Gasteiger partial charge in [0.2, 0.25) is 0 Å². The Kier molecular flexibility index (Phi) is 5.12. The van der Waals surface area contributed by atoms with Gasteiger partial charge in [-0.2, -0.15) is 0 Å². The molecule has 0 amide bonds. The van der Waals surface area contributed by atoms with Crippen molar-refractivity contribution in [3.8, 4) is 11.4 Å². The molecule has 2 N–H and O–H groups in total. The summed E-state index contributed by atoms with van der Waals surface area (Å²) in [5.41, 5.74) is 3.50. The van der Waals surface area contributed by atoms with Crippen LogP contribution in [0.3, 0.4) is 0 Å². The third-order valence-corrected chi connectivity index (χ3v) is 4.50. The molecule has 3 aromatic heterocycles. The molecule has 0 aliphatic heterocycles. The fraction of sp³-hybridized carbons (Fsp3) is 0.150. The first-order valence-electron chi connectivity index (χ1n) is 8.63. The number of fused-ring (bicyclic) bond motifs is 1. The number of esters is 1. The summed E-state index contributed by atoms with van der Waals surface area (Å²) < 4.78 is 11.4. The van der Waals surface area contributed by atoms with Gasteiger partial charge in [0.25, 0.3) is 0 Å². The van der Waals surface area contributed by atoms with Crippen LogP contribution in [0.5, 0.6) is 0 Å². The number of aromatic amines is 1. The second kappa shape index (κ2) is 7.85. The Labute approximate surface area is 169 Å². The maximum Gasteiger partial charge on any atom is 0.303 e. The maximum atomic E-state index is 10.8. The molecule has 7 nitrogen and oxygen atoms in total. The first-order valence-corrected chi connectivity index (χ1v) is 9.42. The molecular weight excluding hydrogens is 424 g/mol. The summed E-state index contributed by atoms with van der Waals surface area (Å²) >= 11 is 3.41. The van der Waals surface area contributed by atoms with E-state index < -0.39 is 0 Å². The number of carbonyl (C=O) groups is 1. The van der Waals surface area contributed by atoms with Gasteiger partial charge in [-0.15, -0.1) is 0 Å². The van der Waals surface area contributed by atoms with E-state index in [-0.39, 0.29) is 12.6 Å². The number of nitrogens with one attached hydrogen (secondary N) is 2. The van der Waals surface area contributed by atoms with Gasteiger partial charge in [0.05, 0.1) is 6.54 Å². The number of rotatable bonds is 6. The minimum Gasteiger partial charge on any atom is -0.461 e. The lowest BCUT2D eigenvalue weighted by Gasteiger charge is -2.05. The van der Waals surface area contributed by atoms with Crippen molar-refractivity contribution >= 4 is 38.8 Å². The van der Waals surface area contributed by atoms with Crippen LogP contribution in [0.1, 0.15) is 18.4 Å². The van der Waals surface area contributed by atoms with Crippen molar-refractivity contribution in [3.63, 3.8) is 0 Å². The zero-order chi connectivity index (χ0) is 19.5. The highest BCUT2D eigenvalue weighted by Crippen LogP contribution is 2.23. The highest BCUT2D eigenvalue weighted by molar-refractivity contribution is 9.10. The van der Waals surface area contributed by atoms with E-state index in [4.69, 9.17) is 9.15 Å². The van der Waals surface area contributed by atoms with Crippen LogP contribution in [0.2, 0.25) is 0 Å². The molecule has 0 radical (unpaired) electrons. The zero-order valence-electron chi connectivity index (χ0n) is 15.0. The predicted molar refractivity (Wildman–Crippen MR) is 109 cm³/mol. The van der Waals surface area contributed by atoms with E-state index >= 15 is 0 Å². The van der Waals surface area contributed by atoms with Crippen molar-refractivity contribution in [2.24, 2.45) is 0 Å². The Bertz CT molecular complexity index is 1120. The van der Waals surface area contributed by atoms with E-state index in [1.807, 2.05) is 36.4 Å². The third kappa shape index (κ3) is 4.23. The van der Waals surface area contributed by atoms with Crippen LogP contribution >= 0.6 is 15.9 Å². The summed E-state index contributed by atoms with van der Waals surface area (Å²) in [6.45, 7) is 2.05. The average molecular weight is 441 g/mol. The monoisotopic (exact) mass is 440 g/mol. The van der Waals surface area contributed by atoms with Gasteiger partial charge in [-0.3, -0.25) is 4.79 Å². The molecule has 0 aliphatic rings. The van der Waals surface area contributed by atoms with Crippen LogP contribution in [0.25, 0.3) is 22.6 Å². The zero-order valence-corrected chi connectivity index (χ0v) is 16.6. The number of furan rings is 1. The second-order valence-electron chi connectivity index (χ2n) is 6.19. The van der Waals surface area contributed by atoms with Crippen molar-refractivity contribution in [1.82, 2.24) is 15.0 Å². The fourth-order valence-corrected chi connectivity index (χ4v) is 3.03. The first-order chi connectivity index (χ1) is 13.6. The fourth-order valence-electron chi connectivity index (χ4n) is 2.71. The summed E-state index contributed by atoms with van der Waals surface area (Å²) in [4.78, 5) is 23.0. The van der Waals surface area contributed by atoms with E-state index in [1.165, 1.54) is 6.92 Å². The third-order valence-electron chi connectivity index (χ3n) is 4.06. The van der Waals surface area contributed by atoms with Gasteiger partial charge in [-0.1, -0.05) is 0 Å². The van der Waals surface area contributed by atoms with Gasteiger partial charge >= 0.3 is 5.97 Å². The number of carbonyl (C=O) groups excluding carboxylic acids is 1. The lowest BCUT2D eigenvalue weighted by molar-refractivity contribution is -0.142. The van der Waals surface area contributed by atoms with Crippen molar-refractivity contribution in [1.29, 1.82) is 0 Å². The second-order valence-corrected chi connectivity index (χ2v) is 7.10. The molecular formula is C20H17BrN4O3. The number of anilines is 1.